The fraction of sp³-hybridized carbons (Fsp3) is 0.571. The average Bonchev–Trinajstić information content (AvgIpc) is 2.67. The van der Waals surface area contributed by atoms with E-state index >= 15 is 0 Å². The molecule has 1 fully saturated rings. The van der Waals surface area contributed by atoms with Gasteiger partial charge in [-0.3, -0.25) is 0 Å². The Balaban J connectivity index is 1.95. The van der Waals surface area contributed by atoms with Crippen molar-refractivity contribution in [2.45, 2.75) is 52.0 Å². The van der Waals surface area contributed by atoms with Crippen LogP contribution >= 0.6 is 0 Å². The summed E-state index contributed by atoms with van der Waals surface area (Å²) in [5.74, 6) is 1.86. The lowest BCUT2D eigenvalue weighted by Crippen LogP contribution is -2.23. The van der Waals surface area contributed by atoms with Crippen LogP contribution in [-0.4, -0.2) is 16.0 Å². The van der Waals surface area contributed by atoms with E-state index in [1.165, 1.54) is 32.1 Å². The van der Waals surface area contributed by atoms with E-state index in [0.29, 0.717) is 11.8 Å². The standard InChI is InChI=1S/C14H19N3O/c1-9-10(2)18-14-12(9)13(15-8-16-14)17-11-6-4-3-5-7-11/h8,11H,3-7H2,1-2H3,(H,15,16,17). The Morgan fingerprint density at radius 1 is 1.17 bits per heavy atom. The minimum Gasteiger partial charge on any atom is -0.443 e. The van der Waals surface area contributed by atoms with Gasteiger partial charge in [-0.2, -0.15) is 0 Å². The first-order chi connectivity index (χ1) is 8.75. The van der Waals surface area contributed by atoms with Crippen molar-refractivity contribution in [3.63, 3.8) is 0 Å². The molecule has 2 aromatic heterocycles. The Labute approximate surface area is 107 Å². The largest absolute Gasteiger partial charge is 0.443 e. The summed E-state index contributed by atoms with van der Waals surface area (Å²) in [4.78, 5) is 8.59. The Hall–Kier alpha value is -1.58. The summed E-state index contributed by atoms with van der Waals surface area (Å²) < 4.78 is 5.64. The lowest BCUT2D eigenvalue weighted by atomic mass is 9.95. The van der Waals surface area contributed by atoms with Crippen LogP contribution in [0.1, 0.15) is 43.4 Å². The van der Waals surface area contributed by atoms with E-state index in [1.54, 1.807) is 6.33 Å². The predicted molar refractivity (Wildman–Crippen MR) is 71.8 cm³/mol. The molecule has 2 heterocycles. The highest BCUT2D eigenvalue weighted by molar-refractivity contribution is 5.89. The molecule has 0 aliphatic heterocycles. The van der Waals surface area contributed by atoms with Crippen LogP contribution in [0.2, 0.25) is 0 Å². The average molecular weight is 245 g/mol. The number of nitrogens with zero attached hydrogens (tertiary/aromatic N) is 2. The van der Waals surface area contributed by atoms with Crippen LogP contribution in [-0.2, 0) is 0 Å². The summed E-state index contributed by atoms with van der Waals surface area (Å²) >= 11 is 0. The second kappa shape index (κ2) is 4.59. The second-order valence-corrected chi connectivity index (χ2v) is 5.16. The minimum absolute atomic E-state index is 0.548. The van der Waals surface area contributed by atoms with Crippen LogP contribution in [0.15, 0.2) is 10.7 Å². The van der Waals surface area contributed by atoms with Gasteiger partial charge in [0.05, 0.1) is 5.39 Å². The summed E-state index contributed by atoms with van der Waals surface area (Å²) in [7, 11) is 0. The highest BCUT2D eigenvalue weighted by Gasteiger charge is 2.18. The van der Waals surface area contributed by atoms with Crippen molar-refractivity contribution < 1.29 is 4.42 Å². The van der Waals surface area contributed by atoms with Gasteiger partial charge in [-0.15, -0.1) is 0 Å². The van der Waals surface area contributed by atoms with Crippen molar-refractivity contribution in [3.8, 4) is 0 Å². The SMILES string of the molecule is Cc1oc2ncnc(NC3CCCCC3)c2c1C. The summed E-state index contributed by atoms with van der Waals surface area (Å²) in [6.07, 6.45) is 8.05. The molecule has 18 heavy (non-hydrogen) atoms. The third-order valence-corrected chi connectivity index (χ3v) is 3.91. The van der Waals surface area contributed by atoms with Crippen molar-refractivity contribution in [3.05, 3.63) is 17.7 Å². The van der Waals surface area contributed by atoms with E-state index in [1.807, 2.05) is 6.92 Å². The lowest BCUT2D eigenvalue weighted by molar-refractivity contribution is 0.462. The Bertz CT molecular complexity index is 555. The second-order valence-electron chi connectivity index (χ2n) is 5.16. The first-order valence-electron chi connectivity index (χ1n) is 6.73. The lowest BCUT2D eigenvalue weighted by Gasteiger charge is -2.23. The maximum Gasteiger partial charge on any atom is 0.231 e. The van der Waals surface area contributed by atoms with Crippen LogP contribution in [0.3, 0.4) is 0 Å². The molecule has 0 saturated heterocycles. The Morgan fingerprint density at radius 3 is 2.72 bits per heavy atom. The summed E-state index contributed by atoms with van der Waals surface area (Å²) in [6.45, 7) is 4.04. The van der Waals surface area contributed by atoms with Gasteiger partial charge >= 0.3 is 0 Å². The van der Waals surface area contributed by atoms with Crippen molar-refractivity contribution in [2.75, 3.05) is 5.32 Å². The van der Waals surface area contributed by atoms with Gasteiger partial charge in [0.25, 0.3) is 0 Å². The molecule has 2 aromatic rings. The molecule has 1 aliphatic carbocycles. The molecule has 0 amide bonds. The highest BCUT2D eigenvalue weighted by Crippen LogP contribution is 2.30. The van der Waals surface area contributed by atoms with E-state index < -0.39 is 0 Å². The number of aromatic nitrogens is 2. The maximum absolute atomic E-state index is 5.64. The molecule has 4 nitrogen and oxygen atoms in total. The summed E-state index contributed by atoms with van der Waals surface area (Å²) in [5.41, 5.74) is 1.84. The fourth-order valence-electron chi connectivity index (χ4n) is 2.73. The van der Waals surface area contributed by atoms with E-state index in [4.69, 9.17) is 4.42 Å². The molecule has 1 N–H and O–H groups in total. The molecule has 0 aromatic carbocycles. The van der Waals surface area contributed by atoms with Gasteiger partial charge in [-0.25, -0.2) is 9.97 Å². The van der Waals surface area contributed by atoms with Crippen molar-refractivity contribution in [1.29, 1.82) is 0 Å². The highest BCUT2D eigenvalue weighted by atomic mass is 16.3. The number of nitrogens with one attached hydrogen (secondary N) is 1. The molecule has 0 atom stereocenters. The van der Waals surface area contributed by atoms with Gasteiger partial charge in [0.1, 0.15) is 17.9 Å². The number of hydrogen-bond acceptors (Lipinski definition) is 4. The van der Waals surface area contributed by atoms with Gasteiger partial charge in [0.15, 0.2) is 0 Å². The van der Waals surface area contributed by atoms with Gasteiger partial charge in [-0.05, 0) is 26.7 Å². The Kier molecular flexibility index (Phi) is 2.94. The normalized spacial score (nSPS) is 17.2. The molecule has 96 valence electrons. The zero-order valence-electron chi connectivity index (χ0n) is 11.0. The van der Waals surface area contributed by atoms with E-state index in [2.05, 4.69) is 22.2 Å². The molecule has 1 aliphatic rings. The molecule has 1 saturated carbocycles. The van der Waals surface area contributed by atoms with Crippen molar-refractivity contribution >= 4 is 16.9 Å². The number of hydrogen-bond donors (Lipinski definition) is 1. The van der Waals surface area contributed by atoms with Crippen LogP contribution in [0, 0.1) is 13.8 Å². The van der Waals surface area contributed by atoms with Crippen LogP contribution in [0.25, 0.3) is 11.1 Å². The topological polar surface area (TPSA) is 51.0 Å². The third-order valence-electron chi connectivity index (χ3n) is 3.91. The quantitative estimate of drug-likeness (QED) is 0.878. The summed E-state index contributed by atoms with van der Waals surface area (Å²) in [5, 5.41) is 4.61. The van der Waals surface area contributed by atoms with E-state index in [0.717, 1.165) is 22.5 Å². The van der Waals surface area contributed by atoms with Crippen molar-refractivity contribution in [2.24, 2.45) is 0 Å². The first-order valence-corrected chi connectivity index (χ1v) is 6.73. The first kappa shape index (κ1) is 11.5. The minimum atomic E-state index is 0.548. The number of rotatable bonds is 2. The third kappa shape index (κ3) is 1.96. The number of aryl methyl sites for hydroxylation is 2. The van der Waals surface area contributed by atoms with Crippen LogP contribution in [0.5, 0.6) is 0 Å². The van der Waals surface area contributed by atoms with E-state index in [-0.39, 0.29) is 0 Å². The Morgan fingerprint density at radius 2 is 1.94 bits per heavy atom. The molecule has 0 unspecified atom stereocenters. The monoisotopic (exact) mass is 245 g/mol. The molecular formula is C14H19N3O. The van der Waals surface area contributed by atoms with Gasteiger partial charge < -0.3 is 9.73 Å². The van der Waals surface area contributed by atoms with E-state index in [9.17, 15) is 0 Å². The number of anilines is 1. The maximum atomic E-state index is 5.64. The predicted octanol–water partition coefficient (Wildman–Crippen LogP) is 3.58. The molecule has 0 radical (unpaired) electrons. The molecule has 3 rings (SSSR count). The van der Waals surface area contributed by atoms with Gasteiger partial charge in [-0.1, -0.05) is 19.3 Å². The van der Waals surface area contributed by atoms with Crippen LogP contribution in [0.4, 0.5) is 5.82 Å². The zero-order chi connectivity index (χ0) is 12.5. The smallest absolute Gasteiger partial charge is 0.231 e. The number of fused-ring (bicyclic) bond motifs is 1. The van der Waals surface area contributed by atoms with Gasteiger partial charge in [0, 0.05) is 11.6 Å². The molecule has 4 heteroatoms. The molecule has 0 spiro atoms. The number of furan rings is 1. The zero-order valence-corrected chi connectivity index (χ0v) is 11.0. The summed E-state index contributed by atoms with van der Waals surface area (Å²) in [6, 6.07) is 0.548. The van der Waals surface area contributed by atoms with Crippen LogP contribution < -0.4 is 5.32 Å². The molecular weight excluding hydrogens is 226 g/mol. The van der Waals surface area contributed by atoms with Crippen molar-refractivity contribution in [1.82, 2.24) is 9.97 Å². The fourth-order valence-corrected chi connectivity index (χ4v) is 2.73. The van der Waals surface area contributed by atoms with Gasteiger partial charge in [0.2, 0.25) is 5.71 Å². The molecule has 0 bridgehead atoms.